The maximum Gasteiger partial charge on any atom is 0.244 e. The molecule has 1 aromatic heterocycles. The molecule has 1 atom stereocenters. The SMILES string of the molecule is CC(NS(=O)(=O)c1c(Cl)cccc1Cl)C(=O)NCc1ccc(N2CCOCC2)nc1. The van der Waals surface area contributed by atoms with E-state index in [0.717, 1.165) is 24.5 Å². The number of ether oxygens (including phenoxy) is 1. The zero-order valence-corrected chi connectivity index (χ0v) is 18.6. The van der Waals surface area contributed by atoms with Crippen molar-refractivity contribution in [3.63, 3.8) is 0 Å². The van der Waals surface area contributed by atoms with Crippen molar-refractivity contribution in [3.05, 3.63) is 52.1 Å². The summed E-state index contributed by atoms with van der Waals surface area (Å²) in [6.45, 7) is 4.58. The van der Waals surface area contributed by atoms with Gasteiger partial charge in [0.15, 0.2) is 0 Å². The summed E-state index contributed by atoms with van der Waals surface area (Å²) in [6.07, 6.45) is 1.68. The Morgan fingerprint density at radius 3 is 2.47 bits per heavy atom. The smallest absolute Gasteiger partial charge is 0.244 e. The Bertz CT molecular complexity index is 976. The predicted molar refractivity (Wildman–Crippen MR) is 115 cm³/mol. The number of benzene rings is 1. The van der Waals surface area contributed by atoms with E-state index in [0.29, 0.717) is 13.2 Å². The molecule has 2 N–H and O–H groups in total. The lowest BCUT2D eigenvalue weighted by Gasteiger charge is -2.27. The molecule has 0 bridgehead atoms. The average molecular weight is 473 g/mol. The van der Waals surface area contributed by atoms with Gasteiger partial charge in [0.05, 0.1) is 29.3 Å². The van der Waals surface area contributed by atoms with Crippen LogP contribution in [0, 0.1) is 0 Å². The maximum atomic E-state index is 12.6. The second-order valence-corrected chi connectivity index (χ2v) is 9.20. The Morgan fingerprint density at radius 1 is 1.20 bits per heavy atom. The number of aromatic nitrogens is 1. The number of carbonyl (C=O) groups is 1. The summed E-state index contributed by atoms with van der Waals surface area (Å²) in [5, 5.41) is 2.66. The predicted octanol–water partition coefficient (Wildman–Crippen LogP) is 2.21. The Labute approximate surface area is 185 Å². The summed E-state index contributed by atoms with van der Waals surface area (Å²) >= 11 is 11.9. The Morgan fingerprint density at radius 2 is 1.87 bits per heavy atom. The van der Waals surface area contributed by atoms with Crippen LogP contribution in [0.4, 0.5) is 5.82 Å². The summed E-state index contributed by atoms with van der Waals surface area (Å²) in [4.78, 5) is 18.7. The summed E-state index contributed by atoms with van der Waals surface area (Å²) in [5.41, 5.74) is 0.796. The summed E-state index contributed by atoms with van der Waals surface area (Å²) in [5.74, 6) is 0.366. The molecule has 0 radical (unpaired) electrons. The van der Waals surface area contributed by atoms with Gasteiger partial charge < -0.3 is 15.0 Å². The van der Waals surface area contributed by atoms with Crippen LogP contribution in [0.15, 0.2) is 41.4 Å². The van der Waals surface area contributed by atoms with E-state index in [4.69, 9.17) is 27.9 Å². The minimum atomic E-state index is -4.07. The van der Waals surface area contributed by atoms with Gasteiger partial charge in [-0.1, -0.05) is 35.3 Å². The molecule has 11 heteroatoms. The van der Waals surface area contributed by atoms with E-state index >= 15 is 0 Å². The van der Waals surface area contributed by atoms with Crippen LogP contribution in [0.3, 0.4) is 0 Å². The molecule has 1 saturated heterocycles. The number of rotatable bonds is 7. The van der Waals surface area contributed by atoms with Crippen molar-refractivity contribution < 1.29 is 17.9 Å². The van der Waals surface area contributed by atoms with Crippen molar-refractivity contribution in [2.45, 2.75) is 24.4 Å². The first kappa shape index (κ1) is 22.8. The van der Waals surface area contributed by atoms with Gasteiger partial charge in [-0.25, -0.2) is 13.4 Å². The molecule has 1 fully saturated rings. The minimum Gasteiger partial charge on any atom is -0.378 e. The standard InChI is InChI=1S/C19H22Cl2N4O4S/c1-13(24-30(27,28)18-15(20)3-2-4-16(18)21)19(26)23-12-14-5-6-17(22-11-14)25-7-9-29-10-8-25/h2-6,11,13,24H,7-10,12H2,1H3,(H,23,26). The van der Waals surface area contributed by atoms with Crippen LogP contribution in [-0.4, -0.2) is 51.7 Å². The normalized spacial score (nSPS) is 15.6. The molecule has 1 aromatic carbocycles. The first-order valence-electron chi connectivity index (χ1n) is 9.29. The van der Waals surface area contributed by atoms with E-state index in [1.165, 1.54) is 25.1 Å². The fourth-order valence-electron chi connectivity index (χ4n) is 2.93. The molecule has 0 saturated carbocycles. The summed E-state index contributed by atoms with van der Waals surface area (Å²) < 4.78 is 32.8. The van der Waals surface area contributed by atoms with Gasteiger partial charge in [0.2, 0.25) is 15.9 Å². The number of morpholine rings is 1. The number of amides is 1. The van der Waals surface area contributed by atoms with Crippen LogP contribution in [0.25, 0.3) is 0 Å². The number of nitrogens with one attached hydrogen (secondary N) is 2. The molecule has 1 amide bonds. The Kier molecular flexibility index (Phi) is 7.54. The van der Waals surface area contributed by atoms with Crippen LogP contribution >= 0.6 is 23.2 Å². The van der Waals surface area contributed by atoms with E-state index < -0.39 is 22.0 Å². The lowest BCUT2D eigenvalue weighted by atomic mass is 10.2. The molecule has 2 aromatic rings. The van der Waals surface area contributed by atoms with E-state index in [2.05, 4.69) is 19.9 Å². The molecule has 1 unspecified atom stereocenters. The molecule has 0 aliphatic carbocycles. The Hall–Kier alpha value is -1.91. The van der Waals surface area contributed by atoms with Crippen LogP contribution in [-0.2, 0) is 26.1 Å². The first-order chi connectivity index (χ1) is 14.3. The molecule has 162 valence electrons. The largest absolute Gasteiger partial charge is 0.378 e. The van der Waals surface area contributed by atoms with Crippen molar-refractivity contribution in [1.29, 1.82) is 0 Å². The molecule has 2 heterocycles. The third-order valence-corrected chi connectivity index (χ3v) is 7.02. The number of anilines is 1. The van der Waals surface area contributed by atoms with Gasteiger partial charge in [-0.05, 0) is 30.7 Å². The van der Waals surface area contributed by atoms with E-state index in [1.54, 1.807) is 6.20 Å². The minimum absolute atomic E-state index is 0.0194. The molecule has 1 aliphatic rings. The quantitative estimate of drug-likeness (QED) is 0.640. The molecular weight excluding hydrogens is 451 g/mol. The number of sulfonamides is 1. The second kappa shape index (κ2) is 9.93. The molecule has 8 nitrogen and oxygen atoms in total. The number of nitrogens with zero attached hydrogens (tertiary/aromatic N) is 2. The lowest BCUT2D eigenvalue weighted by molar-refractivity contribution is -0.122. The third kappa shape index (κ3) is 5.61. The van der Waals surface area contributed by atoms with Gasteiger partial charge in [-0.2, -0.15) is 4.72 Å². The second-order valence-electron chi connectivity index (χ2n) is 6.74. The topological polar surface area (TPSA) is 101 Å². The van der Waals surface area contributed by atoms with Crippen LogP contribution < -0.4 is 14.9 Å². The highest BCUT2D eigenvalue weighted by molar-refractivity contribution is 7.89. The van der Waals surface area contributed by atoms with Crippen molar-refractivity contribution >= 4 is 45.0 Å². The molecule has 3 rings (SSSR count). The van der Waals surface area contributed by atoms with Crippen molar-refractivity contribution in [2.24, 2.45) is 0 Å². The highest BCUT2D eigenvalue weighted by Gasteiger charge is 2.26. The fourth-order valence-corrected chi connectivity index (χ4v) is 5.27. The van der Waals surface area contributed by atoms with Crippen molar-refractivity contribution in [1.82, 2.24) is 15.0 Å². The van der Waals surface area contributed by atoms with Crippen LogP contribution in [0.2, 0.25) is 10.0 Å². The number of hydrogen-bond acceptors (Lipinski definition) is 6. The lowest BCUT2D eigenvalue weighted by Crippen LogP contribution is -2.44. The number of hydrogen-bond donors (Lipinski definition) is 2. The zero-order chi connectivity index (χ0) is 21.7. The molecule has 1 aliphatic heterocycles. The van der Waals surface area contributed by atoms with Crippen LogP contribution in [0.1, 0.15) is 12.5 Å². The van der Waals surface area contributed by atoms with E-state index in [1.807, 2.05) is 12.1 Å². The highest BCUT2D eigenvalue weighted by Crippen LogP contribution is 2.28. The molecule has 0 spiro atoms. The third-order valence-electron chi connectivity index (χ3n) is 4.52. The Balaban J connectivity index is 1.56. The number of halogens is 2. The fraction of sp³-hybridized carbons (Fsp3) is 0.368. The van der Waals surface area contributed by atoms with Gasteiger partial charge >= 0.3 is 0 Å². The summed E-state index contributed by atoms with van der Waals surface area (Å²) in [6, 6.07) is 7.11. The van der Waals surface area contributed by atoms with E-state index in [9.17, 15) is 13.2 Å². The highest BCUT2D eigenvalue weighted by atomic mass is 35.5. The summed E-state index contributed by atoms with van der Waals surface area (Å²) in [7, 11) is -4.07. The first-order valence-corrected chi connectivity index (χ1v) is 11.5. The monoisotopic (exact) mass is 472 g/mol. The zero-order valence-electron chi connectivity index (χ0n) is 16.3. The number of pyridine rings is 1. The van der Waals surface area contributed by atoms with Gasteiger partial charge in [0, 0.05) is 25.8 Å². The molecular formula is C19H22Cl2N4O4S. The van der Waals surface area contributed by atoms with Gasteiger partial charge in [0.1, 0.15) is 10.7 Å². The van der Waals surface area contributed by atoms with Gasteiger partial charge in [-0.3, -0.25) is 4.79 Å². The van der Waals surface area contributed by atoms with Gasteiger partial charge in [0.25, 0.3) is 0 Å². The number of carbonyl (C=O) groups excluding carboxylic acids is 1. The molecule has 30 heavy (non-hydrogen) atoms. The van der Waals surface area contributed by atoms with E-state index in [-0.39, 0.29) is 21.5 Å². The van der Waals surface area contributed by atoms with Gasteiger partial charge in [-0.15, -0.1) is 0 Å². The van der Waals surface area contributed by atoms with Crippen LogP contribution in [0.5, 0.6) is 0 Å². The van der Waals surface area contributed by atoms with Crippen molar-refractivity contribution in [3.8, 4) is 0 Å². The van der Waals surface area contributed by atoms with Crippen molar-refractivity contribution in [2.75, 3.05) is 31.2 Å². The maximum absolute atomic E-state index is 12.6. The average Bonchev–Trinajstić information content (AvgIpc) is 2.72.